The van der Waals surface area contributed by atoms with E-state index in [1.54, 1.807) is 0 Å². The van der Waals surface area contributed by atoms with Crippen LogP contribution in [0.15, 0.2) is 12.7 Å². The summed E-state index contributed by atoms with van der Waals surface area (Å²) >= 11 is -0.250. The Labute approximate surface area is 127 Å². The maximum absolute atomic E-state index is 9.95. The number of nitrogen functional groups attached to an aromatic ring is 1. The third-order valence-electron chi connectivity index (χ3n) is 3.18. The van der Waals surface area contributed by atoms with Gasteiger partial charge in [-0.15, -0.1) is 0 Å². The minimum absolute atomic E-state index is 0.218. The Bertz CT molecular complexity index is 689. The topological polar surface area (TPSA) is 180 Å². The lowest BCUT2D eigenvalue weighted by Crippen LogP contribution is -2.33. The number of nitrogens with one attached hydrogen (secondary N) is 1. The van der Waals surface area contributed by atoms with E-state index in [-0.39, 0.29) is 17.3 Å². The van der Waals surface area contributed by atoms with E-state index in [4.69, 9.17) is 24.6 Å². The first kappa shape index (κ1) is 16.4. The summed E-state index contributed by atoms with van der Waals surface area (Å²) in [4.78, 5) is 11.9. The fourth-order valence-corrected chi connectivity index (χ4v) is 2.17. The summed E-state index contributed by atoms with van der Waals surface area (Å²) < 4.78 is 20.9. The molecule has 0 aliphatic carbocycles. The second-order valence-electron chi connectivity index (χ2n) is 4.40. The van der Waals surface area contributed by atoms with Gasteiger partial charge < -0.3 is 25.8 Å². The molecule has 0 radical (unpaired) electrons. The highest BCUT2D eigenvalue weighted by atomic mass is 32.1. The molecule has 1 saturated heterocycles. The maximum Gasteiger partial charge on any atom is 0.196 e. The van der Waals surface area contributed by atoms with Crippen LogP contribution in [0.3, 0.4) is 0 Å². The Hall–Kier alpha value is -1.99. The zero-order valence-corrected chi connectivity index (χ0v) is 11.9. The number of anilines is 1. The van der Waals surface area contributed by atoms with E-state index in [0.29, 0.717) is 11.2 Å². The average molecular weight is 330 g/mol. The van der Waals surface area contributed by atoms with Crippen LogP contribution in [0.2, 0.25) is 0 Å². The van der Waals surface area contributed by atoms with Gasteiger partial charge in [0.15, 0.2) is 29.2 Å². The molecule has 0 aromatic carbocycles. The highest BCUT2D eigenvalue weighted by Gasteiger charge is 2.43. The standard InChI is InChI=1S/C10H13N5O4.HNOS/c11-8-5-9(13-2-12-8)15(3-14-5)10-7(18)6(17)4(1-16)19-10;1-3-2/h2-4,6-7,10,16-18H,1H2,(H2,11,12,13);1H/t4-,6-,7-,10-;/m1./s1. The van der Waals surface area contributed by atoms with Gasteiger partial charge in [-0.3, -0.25) is 4.57 Å². The van der Waals surface area contributed by atoms with Crippen LogP contribution in [0, 0.1) is 4.78 Å². The Morgan fingerprint density at radius 3 is 2.64 bits per heavy atom. The van der Waals surface area contributed by atoms with Crippen molar-refractivity contribution in [2.45, 2.75) is 24.5 Å². The van der Waals surface area contributed by atoms with Gasteiger partial charge in [0.25, 0.3) is 0 Å². The first-order valence-electron chi connectivity index (χ1n) is 6.06. The predicted octanol–water partition coefficient (Wildman–Crippen LogP) is -2.02. The van der Waals surface area contributed by atoms with Crippen LogP contribution in [0.1, 0.15) is 6.23 Å². The number of aliphatic hydroxyl groups excluding tert-OH is 3. The lowest BCUT2D eigenvalue weighted by molar-refractivity contribution is -0.0511. The van der Waals surface area contributed by atoms with Crippen LogP contribution in [-0.4, -0.2) is 64.0 Å². The number of imidazole rings is 1. The van der Waals surface area contributed by atoms with Crippen molar-refractivity contribution in [1.82, 2.24) is 19.5 Å². The van der Waals surface area contributed by atoms with E-state index >= 15 is 0 Å². The summed E-state index contributed by atoms with van der Waals surface area (Å²) in [6.07, 6.45) is -1.42. The van der Waals surface area contributed by atoms with Crippen molar-refractivity contribution in [3.05, 3.63) is 12.7 Å². The molecular formula is C10H14N6O5S. The van der Waals surface area contributed by atoms with Crippen LogP contribution < -0.4 is 5.73 Å². The lowest BCUT2D eigenvalue weighted by Gasteiger charge is -2.16. The zero-order valence-electron chi connectivity index (χ0n) is 11.1. The largest absolute Gasteiger partial charge is 0.394 e. The Morgan fingerprint density at radius 1 is 1.36 bits per heavy atom. The molecule has 1 fully saturated rings. The Kier molecular flexibility index (Phi) is 5.10. The SMILES string of the molecule is N=S=O.Nc1ncnc2c1ncn2[C@@H]1O[C@H](CO)[C@@H](O)[C@H]1O. The second kappa shape index (κ2) is 6.85. The number of nitrogens with zero attached hydrogens (tertiary/aromatic N) is 4. The number of aliphatic hydroxyl groups is 3. The van der Waals surface area contributed by atoms with E-state index in [0.717, 1.165) is 0 Å². The molecule has 0 amide bonds. The summed E-state index contributed by atoms with van der Waals surface area (Å²) in [5.74, 6) is 0.218. The van der Waals surface area contributed by atoms with Gasteiger partial charge >= 0.3 is 0 Å². The van der Waals surface area contributed by atoms with Crippen molar-refractivity contribution in [2.75, 3.05) is 12.3 Å². The number of ether oxygens (including phenoxy) is 1. The highest BCUT2D eigenvalue weighted by Crippen LogP contribution is 2.31. The summed E-state index contributed by atoms with van der Waals surface area (Å²) in [5, 5.41) is 28.7. The lowest BCUT2D eigenvalue weighted by atomic mass is 10.1. The van der Waals surface area contributed by atoms with Gasteiger partial charge in [0.05, 0.1) is 12.9 Å². The van der Waals surface area contributed by atoms with Gasteiger partial charge in [0, 0.05) is 0 Å². The fraction of sp³-hybridized carbons (Fsp3) is 0.500. The molecule has 0 spiro atoms. The van der Waals surface area contributed by atoms with E-state index in [1.807, 2.05) is 0 Å². The molecule has 11 nitrogen and oxygen atoms in total. The van der Waals surface area contributed by atoms with Gasteiger partial charge in [-0.1, -0.05) is 0 Å². The van der Waals surface area contributed by atoms with Crippen LogP contribution in [0.25, 0.3) is 11.2 Å². The van der Waals surface area contributed by atoms with Crippen molar-refractivity contribution < 1.29 is 24.3 Å². The molecule has 1 aliphatic heterocycles. The van der Waals surface area contributed by atoms with E-state index < -0.39 is 31.1 Å². The molecule has 4 atom stereocenters. The van der Waals surface area contributed by atoms with Crippen LogP contribution in [-0.2, 0) is 16.2 Å². The van der Waals surface area contributed by atoms with Crippen molar-refractivity contribution in [3.8, 4) is 0 Å². The van der Waals surface area contributed by atoms with E-state index in [1.165, 1.54) is 17.2 Å². The first-order chi connectivity index (χ1) is 10.5. The van der Waals surface area contributed by atoms with Gasteiger partial charge in [-0.2, -0.15) is 4.21 Å². The van der Waals surface area contributed by atoms with Crippen LogP contribution in [0.5, 0.6) is 0 Å². The third-order valence-corrected chi connectivity index (χ3v) is 3.18. The molecule has 2 aromatic rings. The van der Waals surface area contributed by atoms with E-state index in [2.05, 4.69) is 15.0 Å². The smallest absolute Gasteiger partial charge is 0.196 e. The predicted molar refractivity (Wildman–Crippen MR) is 73.6 cm³/mol. The minimum Gasteiger partial charge on any atom is -0.394 e. The van der Waals surface area contributed by atoms with Gasteiger partial charge in [0.1, 0.15) is 30.2 Å². The quantitative estimate of drug-likeness (QED) is 0.415. The molecule has 120 valence electrons. The summed E-state index contributed by atoms with van der Waals surface area (Å²) in [7, 11) is 0. The minimum atomic E-state index is -1.19. The maximum atomic E-state index is 9.95. The van der Waals surface area contributed by atoms with Gasteiger partial charge in [0.2, 0.25) is 0 Å². The number of hydrogen-bond donors (Lipinski definition) is 5. The molecule has 3 heterocycles. The highest BCUT2D eigenvalue weighted by molar-refractivity contribution is 7.53. The van der Waals surface area contributed by atoms with Crippen molar-refractivity contribution >= 4 is 28.4 Å². The van der Waals surface area contributed by atoms with E-state index in [9.17, 15) is 10.2 Å². The summed E-state index contributed by atoms with van der Waals surface area (Å²) in [6.45, 7) is -0.390. The number of aromatic nitrogens is 4. The number of rotatable bonds is 2. The van der Waals surface area contributed by atoms with Crippen molar-refractivity contribution in [1.29, 1.82) is 4.78 Å². The second-order valence-corrected chi connectivity index (χ2v) is 4.56. The monoisotopic (exact) mass is 330 g/mol. The Balaban J connectivity index is 0.000000545. The third kappa shape index (κ3) is 2.82. The van der Waals surface area contributed by atoms with Crippen molar-refractivity contribution in [2.24, 2.45) is 0 Å². The Morgan fingerprint density at radius 2 is 2.05 bits per heavy atom. The average Bonchev–Trinajstić information content (AvgIpc) is 3.04. The molecule has 0 bridgehead atoms. The molecule has 6 N–H and O–H groups in total. The molecule has 12 heteroatoms. The fourth-order valence-electron chi connectivity index (χ4n) is 2.17. The summed E-state index contributed by atoms with van der Waals surface area (Å²) in [5.41, 5.74) is 6.44. The molecule has 0 saturated carbocycles. The van der Waals surface area contributed by atoms with Crippen LogP contribution in [0.4, 0.5) is 5.82 Å². The molecule has 2 aromatic heterocycles. The van der Waals surface area contributed by atoms with Gasteiger partial charge in [-0.25, -0.2) is 19.7 Å². The molecule has 3 rings (SSSR count). The molecular weight excluding hydrogens is 316 g/mol. The van der Waals surface area contributed by atoms with Gasteiger partial charge in [-0.05, 0) is 0 Å². The number of fused-ring (bicyclic) bond motifs is 1. The molecule has 1 aliphatic rings. The molecule has 0 unspecified atom stereocenters. The van der Waals surface area contributed by atoms with Crippen molar-refractivity contribution in [3.63, 3.8) is 0 Å². The first-order valence-corrected chi connectivity index (χ1v) is 6.80. The number of hydrogen-bond acceptors (Lipinski definition) is 10. The number of nitrogens with two attached hydrogens (primary N) is 1. The normalized spacial score (nSPS) is 27.4. The zero-order chi connectivity index (χ0) is 16.3. The molecule has 22 heavy (non-hydrogen) atoms. The summed E-state index contributed by atoms with van der Waals surface area (Å²) in [6, 6.07) is 0. The van der Waals surface area contributed by atoms with Crippen LogP contribution >= 0.6 is 0 Å².